The second-order valence-corrected chi connectivity index (χ2v) is 12.4. The molecule has 11 heteroatoms. The van der Waals surface area contributed by atoms with Gasteiger partial charge in [0.25, 0.3) is 5.91 Å². The lowest BCUT2D eigenvalue weighted by molar-refractivity contribution is -0.134. The Kier molecular flexibility index (Phi) is 7.07. The van der Waals surface area contributed by atoms with E-state index in [9.17, 15) is 18.4 Å². The molecule has 1 amide bonds. The molecular formula is C23H24ClN3O5S2. The normalized spacial score (nSPS) is 18.5. The van der Waals surface area contributed by atoms with Crippen LogP contribution in [0.4, 0.5) is 0 Å². The predicted octanol–water partition coefficient (Wildman–Crippen LogP) is 3.86. The van der Waals surface area contributed by atoms with E-state index in [-0.39, 0.29) is 18.0 Å². The van der Waals surface area contributed by atoms with Gasteiger partial charge >= 0.3 is 0 Å². The van der Waals surface area contributed by atoms with E-state index in [4.69, 9.17) is 16.3 Å². The van der Waals surface area contributed by atoms with Crippen LogP contribution in [0.2, 0.25) is 5.15 Å². The molecule has 2 N–H and O–H groups in total. The molecule has 0 aliphatic carbocycles. The number of hydrogen-bond donors (Lipinski definition) is 2. The Morgan fingerprint density at radius 3 is 2.68 bits per heavy atom. The van der Waals surface area contributed by atoms with Crippen LogP contribution in [-0.2, 0) is 21.4 Å². The second-order valence-electron chi connectivity index (χ2n) is 8.33. The van der Waals surface area contributed by atoms with E-state index >= 15 is 0 Å². The zero-order chi connectivity index (χ0) is 24.5. The first-order valence-electron chi connectivity index (χ1n) is 10.5. The third-order valence-corrected chi connectivity index (χ3v) is 9.11. The summed E-state index contributed by atoms with van der Waals surface area (Å²) < 4.78 is 33.1. The molecule has 4 rings (SSSR count). The van der Waals surface area contributed by atoms with Gasteiger partial charge in [-0.2, -0.15) is 16.1 Å². The average molecular weight is 522 g/mol. The molecule has 1 atom stereocenters. The Hall–Kier alpha value is -2.37. The van der Waals surface area contributed by atoms with Gasteiger partial charge in [0.15, 0.2) is 0 Å². The van der Waals surface area contributed by atoms with Gasteiger partial charge in [0.1, 0.15) is 23.6 Å². The second kappa shape index (κ2) is 9.71. The van der Waals surface area contributed by atoms with Gasteiger partial charge in [-0.1, -0.05) is 29.8 Å². The molecule has 0 saturated carbocycles. The minimum absolute atomic E-state index is 0.0377. The lowest BCUT2D eigenvalue weighted by Gasteiger charge is -2.43. The monoisotopic (exact) mass is 521 g/mol. The van der Waals surface area contributed by atoms with Crippen LogP contribution in [0.15, 0.2) is 59.5 Å². The molecule has 2 heterocycles. The number of rotatable bonds is 6. The molecule has 1 saturated heterocycles. The number of pyridine rings is 1. The van der Waals surface area contributed by atoms with Gasteiger partial charge < -0.3 is 4.74 Å². The molecule has 1 aliphatic heterocycles. The Balaban J connectivity index is 1.55. The van der Waals surface area contributed by atoms with Crippen molar-refractivity contribution >= 4 is 50.2 Å². The maximum atomic E-state index is 13.4. The fraction of sp³-hybridized carbons (Fsp3) is 0.304. The number of aromatic nitrogens is 1. The Bertz CT molecular complexity index is 1320. The summed E-state index contributed by atoms with van der Waals surface area (Å²) in [6.07, 6.45) is 0. The van der Waals surface area contributed by atoms with E-state index in [1.807, 2.05) is 24.3 Å². The number of carbonyl (C=O) groups is 1. The van der Waals surface area contributed by atoms with Crippen molar-refractivity contribution < 1.29 is 23.2 Å². The van der Waals surface area contributed by atoms with E-state index in [2.05, 4.69) is 4.98 Å². The SMILES string of the molecule is CC1(C)SCCN(S(=O)(=O)c2ccc(OCc3cc(Cl)nc4ccccc34)cc2)[C@H]1C(=O)NO. The van der Waals surface area contributed by atoms with Crippen LogP contribution in [0.25, 0.3) is 10.9 Å². The first kappa shape index (κ1) is 24.7. The number of sulfonamides is 1. The number of halogens is 1. The molecule has 0 unspecified atom stereocenters. The molecule has 0 radical (unpaired) electrons. The van der Waals surface area contributed by atoms with Crippen molar-refractivity contribution in [1.82, 2.24) is 14.8 Å². The zero-order valence-corrected chi connectivity index (χ0v) is 21.0. The van der Waals surface area contributed by atoms with Crippen molar-refractivity contribution in [1.29, 1.82) is 0 Å². The van der Waals surface area contributed by atoms with E-state index in [1.165, 1.54) is 23.9 Å². The molecule has 180 valence electrons. The lowest BCUT2D eigenvalue weighted by atomic mass is 10.0. The summed E-state index contributed by atoms with van der Waals surface area (Å²) in [5, 5.41) is 10.5. The Labute approximate surface area is 207 Å². The molecule has 2 aromatic carbocycles. The Morgan fingerprint density at radius 1 is 1.26 bits per heavy atom. The van der Waals surface area contributed by atoms with Crippen molar-refractivity contribution in [3.63, 3.8) is 0 Å². The number of thioether (sulfide) groups is 1. The third-order valence-electron chi connectivity index (χ3n) is 5.69. The lowest BCUT2D eigenvalue weighted by Crippen LogP contribution is -2.61. The van der Waals surface area contributed by atoms with Crippen molar-refractivity contribution in [2.45, 2.75) is 36.1 Å². The molecule has 1 aliphatic rings. The Morgan fingerprint density at radius 2 is 1.97 bits per heavy atom. The highest BCUT2D eigenvalue weighted by Gasteiger charge is 2.48. The van der Waals surface area contributed by atoms with E-state index in [0.29, 0.717) is 16.7 Å². The number of carbonyl (C=O) groups excluding carboxylic acids is 1. The topological polar surface area (TPSA) is 109 Å². The molecule has 1 fully saturated rings. The number of para-hydroxylation sites is 1. The van der Waals surface area contributed by atoms with Crippen LogP contribution in [0.1, 0.15) is 19.4 Å². The van der Waals surface area contributed by atoms with Gasteiger partial charge in [-0.15, -0.1) is 0 Å². The molecule has 1 aromatic heterocycles. The van der Waals surface area contributed by atoms with Crippen LogP contribution < -0.4 is 10.2 Å². The number of amides is 1. The zero-order valence-electron chi connectivity index (χ0n) is 18.6. The maximum Gasteiger partial charge on any atom is 0.263 e. The van der Waals surface area contributed by atoms with E-state index < -0.39 is 26.7 Å². The number of fused-ring (bicyclic) bond motifs is 1. The summed E-state index contributed by atoms with van der Waals surface area (Å²) >= 11 is 7.62. The highest BCUT2D eigenvalue weighted by molar-refractivity contribution is 8.00. The first-order chi connectivity index (χ1) is 16.1. The first-order valence-corrected chi connectivity index (χ1v) is 13.3. The summed E-state index contributed by atoms with van der Waals surface area (Å²) in [6, 6.07) is 14.3. The summed E-state index contributed by atoms with van der Waals surface area (Å²) in [4.78, 5) is 16.7. The van der Waals surface area contributed by atoms with Crippen LogP contribution in [0, 0.1) is 0 Å². The van der Waals surface area contributed by atoms with Crippen molar-refractivity contribution in [2.75, 3.05) is 12.3 Å². The number of nitrogens with zero attached hydrogens (tertiary/aromatic N) is 2. The van der Waals surface area contributed by atoms with E-state index in [1.54, 1.807) is 37.5 Å². The number of benzene rings is 2. The van der Waals surface area contributed by atoms with Crippen LogP contribution in [0.5, 0.6) is 5.75 Å². The number of hydrogen-bond acceptors (Lipinski definition) is 7. The van der Waals surface area contributed by atoms with Crippen molar-refractivity contribution in [2.24, 2.45) is 0 Å². The fourth-order valence-corrected chi connectivity index (χ4v) is 7.39. The number of hydroxylamine groups is 1. The minimum Gasteiger partial charge on any atom is -0.489 e. The predicted molar refractivity (Wildman–Crippen MR) is 132 cm³/mol. The quantitative estimate of drug-likeness (QED) is 0.288. The van der Waals surface area contributed by atoms with Gasteiger partial charge in [0.2, 0.25) is 10.0 Å². The van der Waals surface area contributed by atoms with Crippen LogP contribution >= 0.6 is 23.4 Å². The number of nitrogens with one attached hydrogen (secondary N) is 1. The van der Waals surface area contributed by atoms with Gasteiger partial charge in [-0.25, -0.2) is 18.9 Å². The minimum atomic E-state index is -3.99. The molecular weight excluding hydrogens is 498 g/mol. The standard InChI is InChI=1S/C23H24ClN3O5S2/c1-23(2)21(22(28)26-29)27(11-12-33-23)34(30,31)17-9-7-16(8-10-17)32-14-15-13-20(24)25-19-6-4-3-5-18(15)19/h3-10,13,21,29H,11-12,14H2,1-2H3,(H,26,28)/t21-/m0/s1. The third kappa shape index (κ3) is 4.87. The van der Waals surface area contributed by atoms with Gasteiger partial charge in [-0.3, -0.25) is 10.0 Å². The van der Waals surface area contributed by atoms with E-state index in [0.717, 1.165) is 20.8 Å². The van der Waals surface area contributed by atoms with Crippen molar-refractivity contribution in [3.8, 4) is 5.75 Å². The summed E-state index contributed by atoms with van der Waals surface area (Å²) in [5.41, 5.74) is 3.23. The fourth-order valence-electron chi connectivity index (χ4n) is 4.06. The molecule has 3 aromatic rings. The smallest absolute Gasteiger partial charge is 0.263 e. The largest absolute Gasteiger partial charge is 0.489 e. The molecule has 8 nitrogen and oxygen atoms in total. The van der Waals surface area contributed by atoms with Crippen LogP contribution in [-0.4, -0.2) is 51.9 Å². The van der Waals surface area contributed by atoms with Gasteiger partial charge in [-0.05, 0) is 50.2 Å². The van der Waals surface area contributed by atoms with Crippen LogP contribution in [0.3, 0.4) is 0 Å². The maximum absolute atomic E-state index is 13.4. The highest BCUT2D eigenvalue weighted by Crippen LogP contribution is 2.38. The summed E-state index contributed by atoms with van der Waals surface area (Å²) in [6.45, 7) is 3.95. The summed E-state index contributed by atoms with van der Waals surface area (Å²) in [7, 11) is -3.99. The summed E-state index contributed by atoms with van der Waals surface area (Å²) in [5.74, 6) is 0.254. The molecule has 34 heavy (non-hydrogen) atoms. The van der Waals surface area contributed by atoms with Crippen molar-refractivity contribution in [3.05, 3.63) is 65.3 Å². The molecule has 0 bridgehead atoms. The number of ether oxygens (including phenoxy) is 1. The van der Waals surface area contributed by atoms with Gasteiger partial charge in [0, 0.05) is 28.0 Å². The average Bonchev–Trinajstić information content (AvgIpc) is 2.81. The van der Waals surface area contributed by atoms with Gasteiger partial charge in [0.05, 0.1) is 10.4 Å². The highest BCUT2D eigenvalue weighted by atomic mass is 35.5. The molecule has 0 spiro atoms.